The lowest BCUT2D eigenvalue weighted by Crippen LogP contribution is -2.52. The van der Waals surface area contributed by atoms with Gasteiger partial charge in [0.25, 0.3) is 5.91 Å². The molecule has 0 saturated carbocycles. The van der Waals surface area contributed by atoms with Gasteiger partial charge in [0.05, 0.1) is 5.41 Å². The molecule has 7 heteroatoms. The second-order valence-corrected chi connectivity index (χ2v) is 6.71. The third-order valence-corrected chi connectivity index (χ3v) is 4.75. The number of benzene rings is 1. The number of rotatable bonds is 9. The molecule has 0 saturated heterocycles. The van der Waals surface area contributed by atoms with E-state index >= 15 is 0 Å². The Morgan fingerprint density at radius 2 is 1.65 bits per heavy atom. The summed E-state index contributed by atoms with van der Waals surface area (Å²) in [6.07, 6.45) is 0.765. The number of carbonyl (C=O) groups excluding carboxylic acids is 2. The number of amides is 2. The number of hydrogen-bond donors (Lipinski definition) is 3. The molecule has 0 heterocycles. The summed E-state index contributed by atoms with van der Waals surface area (Å²) in [5.74, 6) is -2.55. The van der Waals surface area contributed by atoms with Crippen LogP contribution in [0, 0.1) is 17.2 Å². The van der Waals surface area contributed by atoms with Crippen LogP contribution >= 0.6 is 0 Å². The van der Waals surface area contributed by atoms with E-state index < -0.39 is 35.1 Å². The molecule has 0 bridgehead atoms. The van der Waals surface area contributed by atoms with E-state index in [0.717, 1.165) is 0 Å². The van der Waals surface area contributed by atoms with E-state index in [4.69, 9.17) is 0 Å². The third-order valence-electron chi connectivity index (χ3n) is 4.75. The molecule has 2 amide bonds. The fourth-order valence-electron chi connectivity index (χ4n) is 2.61. The average molecular weight is 366 g/mol. The first-order valence-electron chi connectivity index (χ1n) is 8.74. The molecule has 0 aliphatic heterocycles. The summed E-state index contributed by atoms with van der Waals surface area (Å²) in [4.78, 5) is 36.4. The van der Waals surface area contributed by atoms with Crippen LogP contribution in [0.2, 0.25) is 0 Å². The highest BCUT2D eigenvalue weighted by molar-refractivity contribution is 5.97. The lowest BCUT2D eigenvalue weighted by atomic mass is 9.82. The van der Waals surface area contributed by atoms with Crippen molar-refractivity contribution in [1.29, 1.82) is 0 Å². The van der Waals surface area contributed by atoms with Crippen molar-refractivity contribution in [1.82, 2.24) is 10.6 Å². The minimum absolute atomic E-state index is 0.0101. The van der Waals surface area contributed by atoms with E-state index in [1.165, 1.54) is 24.3 Å². The first-order valence-corrected chi connectivity index (χ1v) is 8.74. The number of carboxylic acid groups (broad SMARTS) is 1. The molecule has 1 unspecified atom stereocenters. The SMILES string of the molecule is CCC(CC)(CNC(=O)C(NC(=O)c1ccc(F)cc1)C(C)C)C(=O)O. The Bertz CT molecular complexity index is 639. The van der Waals surface area contributed by atoms with Crippen molar-refractivity contribution in [2.75, 3.05) is 6.54 Å². The lowest BCUT2D eigenvalue weighted by Gasteiger charge is -2.29. The first-order chi connectivity index (χ1) is 12.2. The van der Waals surface area contributed by atoms with Crippen LogP contribution < -0.4 is 10.6 Å². The highest BCUT2D eigenvalue weighted by atomic mass is 19.1. The van der Waals surface area contributed by atoms with Crippen LogP contribution in [-0.4, -0.2) is 35.5 Å². The fraction of sp³-hybridized carbons (Fsp3) is 0.526. The van der Waals surface area contributed by atoms with Crippen molar-refractivity contribution >= 4 is 17.8 Å². The van der Waals surface area contributed by atoms with Gasteiger partial charge in [-0.2, -0.15) is 0 Å². The second-order valence-electron chi connectivity index (χ2n) is 6.71. The van der Waals surface area contributed by atoms with Gasteiger partial charge in [0, 0.05) is 12.1 Å². The molecule has 0 spiro atoms. The van der Waals surface area contributed by atoms with Crippen LogP contribution in [-0.2, 0) is 9.59 Å². The normalized spacial score (nSPS) is 12.5. The largest absolute Gasteiger partial charge is 0.481 e. The standard InChI is InChI=1S/C19H27FN2O4/c1-5-19(6-2,18(25)26)11-21-17(24)15(12(3)4)22-16(23)13-7-9-14(20)10-8-13/h7-10,12,15H,5-6,11H2,1-4H3,(H,21,24)(H,22,23)(H,25,26). The van der Waals surface area contributed by atoms with Gasteiger partial charge < -0.3 is 15.7 Å². The monoisotopic (exact) mass is 366 g/mol. The van der Waals surface area contributed by atoms with Crippen molar-refractivity contribution in [3.05, 3.63) is 35.6 Å². The van der Waals surface area contributed by atoms with E-state index in [-0.39, 0.29) is 18.0 Å². The summed E-state index contributed by atoms with van der Waals surface area (Å²) >= 11 is 0. The predicted octanol–water partition coefficient (Wildman–Crippen LogP) is 2.59. The van der Waals surface area contributed by atoms with Gasteiger partial charge in [0.15, 0.2) is 0 Å². The van der Waals surface area contributed by atoms with Gasteiger partial charge in [-0.1, -0.05) is 27.7 Å². The van der Waals surface area contributed by atoms with E-state index in [2.05, 4.69) is 10.6 Å². The molecule has 3 N–H and O–H groups in total. The summed E-state index contributed by atoms with van der Waals surface area (Å²) in [5.41, 5.74) is -0.787. The molecule has 6 nitrogen and oxygen atoms in total. The predicted molar refractivity (Wildman–Crippen MR) is 96.2 cm³/mol. The average Bonchev–Trinajstić information content (AvgIpc) is 2.60. The maximum absolute atomic E-state index is 13.0. The van der Waals surface area contributed by atoms with Gasteiger partial charge in [0.2, 0.25) is 5.91 Å². The number of aliphatic carboxylic acids is 1. The molecule has 0 aliphatic rings. The highest BCUT2D eigenvalue weighted by Crippen LogP contribution is 2.25. The van der Waals surface area contributed by atoms with Crippen LogP contribution in [0.4, 0.5) is 4.39 Å². The van der Waals surface area contributed by atoms with Crippen molar-refractivity contribution in [2.24, 2.45) is 11.3 Å². The Morgan fingerprint density at radius 3 is 2.08 bits per heavy atom. The summed E-state index contributed by atoms with van der Waals surface area (Å²) in [6, 6.07) is 4.19. The molecule has 0 radical (unpaired) electrons. The summed E-state index contributed by atoms with van der Waals surface area (Å²) < 4.78 is 13.0. The lowest BCUT2D eigenvalue weighted by molar-refractivity contribution is -0.149. The molecule has 0 fully saturated rings. The highest BCUT2D eigenvalue weighted by Gasteiger charge is 2.36. The molecule has 0 aromatic heterocycles. The smallest absolute Gasteiger partial charge is 0.311 e. The van der Waals surface area contributed by atoms with Gasteiger partial charge in [0.1, 0.15) is 11.9 Å². The molecular formula is C19H27FN2O4. The zero-order valence-electron chi connectivity index (χ0n) is 15.6. The van der Waals surface area contributed by atoms with Gasteiger partial charge in [-0.3, -0.25) is 14.4 Å². The topological polar surface area (TPSA) is 95.5 Å². The minimum atomic E-state index is -1.03. The Kier molecular flexibility index (Phi) is 7.74. The maximum atomic E-state index is 13.0. The zero-order chi connectivity index (χ0) is 19.9. The second kappa shape index (κ2) is 9.31. The van der Waals surface area contributed by atoms with Crippen LogP contribution in [0.25, 0.3) is 0 Å². The quantitative estimate of drug-likeness (QED) is 0.626. The van der Waals surface area contributed by atoms with E-state index in [0.29, 0.717) is 12.8 Å². The molecule has 1 aromatic rings. The number of nitrogens with one attached hydrogen (secondary N) is 2. The van der Waals surface area contributed by atoms with Crippen molar-refractivity contribution in [3.63, 3.8) is 0 Å². The third kappa shape index (κ3) is 5.28. The molecule has 0 aliphatic carbocycles. The van der Waals surface area contributed by atoms with Crippen LogP contribution in [0.1, 0.15) is 50.9 Å². The number of carboxylic acids is 1. The van der Waals surface area contributed by atoms with E-state index in [1.54, 1.807) is 27.7 Å². The fourth-order valence-corrected chi connectivity index (χ4v) is 2.61. The zero-order valence-corrected chi connectivity index (χ0v) is 15.6. The summed E-state index contributed by atoms with van der Waals surface area (Å²) in [7, 11) is 0. The molecule has 1 rings (SSSR count). The van der Waals surface area contributed by atoms with Gasteiger partial charge in [-0.05, 0) is 43.0 Å². The first kappa shape index (κ1) is 21.6. The van der Waals surface area contributed by atoms with Crippen molar-refractivity contribution in [3.8, 4) is 0 Å². The Morgan fingerprint density at radius 1 is 1.12 bits per heavy atom. The van der Waals surface area contributed by atoms with Crippen LogP contribution in [0.3, 0.4) is 0 Å². The molecule has 144 valence electrons. The van der Waals surface area contributed by atoms with E-state index in [9.17, 15) is 23.9 Å². The Balaban J connectivity index is 2.82. The maximum Gasteiger partial charge on any atom is 0.311 e. The molecular weight excluding hydrogens is 339 g/mol. The molecule has 1 atom stereocenters. The summed E-state index contributed by atoms with van der Waals surface area (Å²) in [5, 5.41) is 14.7. The Labute approximate surface area is 153 Å². The van der Waals surface area contributed by atoms with E-state index in [1.807, 2.05) is 0 Å². The Hall–Kier alpha value is -2.44. The van der Waals surface area contributed by atoms with Crippen LogP contribution in [0.15, 0.2) is 24.3 Å². The molecule has 26 heavy (non-hydrogen) atoms. The van der Waals surface area contributed by atoms with Gasteiger partial charge in [-0.15, -0.1) is 0 Å². The number of hydrogen-bond acceptors (Lipinski definition) is 3. The minimum Gasteiger partial charge on any atom is -0.481 e. The van der Waals surface area contributed by atoms with Crippen LogP contribution in [0.5, 0.6) is 0 Å². The van der Waals surface area contributed by atoms with Gasteiger partial charge >= 0.3 is 5.97 Å². The number of carbonyl (C=O) groups is 3. The summed E-state index contributed by atoms with van der Waals surface area (Å²) in [6.45, 7) is 7.07. The number of halogens is 1. The van der Waals surface area contributed by atoms with Crippen molar-refractivity contribution in [2.45, 2.75) is 46.6 Å². The molecule has 1 aromatic carbocycles. The van der Waals surface area contributed by atoms with Gasteiger partial charge in [-0.25, -0.2) is 4.39 Å². The van der Waals surface area contributed by atoms with Crippen molar-refractivity contribution < 1.29 is 23.9 Å².